The van der Waals surface area contributed by atoms with Gasteiger partial charge in [0.1, 0.15) is 0 Å². The Morgan fingerprint density at radius 1 is 1.26 bits per heavy atom. The highest BCUT2D eigenvalue weighted by atomic mass is 35.5. The second-order valence-electron chi connectivity index (χ2n) is 7.56. The quantitative estimate of drug-likeness (QED) is 0.763. The summed E-state index contributed by atoms with van der Waals surface area (Å²) in [6, 6.07) is 5.64. The summed E-state index contributed by atoms with van der Waals surface area (Å²) >= 11 is 7.53. The lowest BCUT2D eigenvalue weighted by molar-refractivity contribution is -0.133. The Morgan fingerprint density at radius 2 is 2.00 bits per heavy atom. The van der Waals surface area contributed by atoms with Gasteiger partial charge in [0.25, 0.3) is 0 Å². The molecule has 5 heteroatoms. The average Bonchev–Trinajstić information content (AvgIpc) is 2.87. The van der Waals surface area contributed by atoms with Crippen LogP contribution in [-0.2, 0) is 4.79 Å². The summed E-state index contributed by atoms with van der Waals surface area (Å²) in [4.78, 5) is 17.6. The van der Waals surface area contributed by atoms with Crippen LogP contribution in [0.25, 0.3) is 10.2 Å². The van der Waals surface area contributed by atoms with Crippen molar-refractivity contribution < 1.29 is 4.79 Å². The predicted molar refractivity (Wildman–Crippen MR) is 96.1 cm³/mol. The fraction of sp³-hybridized carbons (Fsp3) is 0.556. The first-order chi connectivity index (χ1) is 11.0. The molecule has 2 saturated carbocycles. The highest BCUT2D eigenvalue weighted by molar-refractivity contribution is 7.22. The Bertz CT molecular complexity index is 759. The molecule has 2 aromatic rings. The largest absolute Gasteiger partial charge is 0.301 e. The van der Waals surface area contributed by atoms with Crippen LogP contribution in [0.2, 0.25) is 5.02 Å². The zero-order chi connectivity index (χ0) is 16.1. The molecule has 0 saturated heterocycles. The van der Waals surface area contributed by atoms with E-state index >= 15 is 0 Å². The van der Waals surface area contributed by atoms with Gasteiger partial charge in [-0.2, -0.15) is 0 Å². The van der Waals surface area contributed by atoms with Gasteiger partial charge in [0.2, 0.25) is 5.91 Å². The van der Waals surface area contributed by atoms with Gasteiger partial charge in [-0.05, 0) is 55.7 Å². The number of halogens is 1. The summed E-state index contributed by atoms with van der Waals surface area (Å²) < 4.78 is 1.02. The van der Waals surface area contributed by atoms with Crippen LogP contribution >= 0.6 is 22.9 Å². The molecule has 1 N–H and O–H groups in total. The van der Waals surface area contributed by atoms with Crippen molar-refractivity contribution in [2.45, 2.75) is 51.9 Å². The van der Waals surface area contributed by atoms with Crippen molar-refractivity contribution >= 4 is 44.2 Å². The first kappa shape index (κ1) is 15.4. The maximum atomic E-state index is 13.0. The molecule has 0 spiro atoms. The first-order valence-electron chi connectivity index (χ1n) is 8.36. The molecule has 1 aromatic heterocycles. The Hall–Kier alpha value is -1.13. The standard InChI is InChI=1S/C18H21ClN2OS/c1-17-6-2-8-18(11-17,9-3-7-17)15(22)21-16-20-13-5-4-12(19)10-14(13)23-16/h4-5,10H,2-3,6-9,11H2,1H3,(H,20,21,22). The molecule has 0 unspecified atom stereocenters. The molecule has 2 aliphatic carbocycles. The maximum absolute atomic E-state index is 13.0. The van der Waals surface area contributed by atoms with Crippen LogP contribution in [0.15, 0.2) is 18.2 Å². The van der Waals surface area contributed by atoms with Crippen LogP contribution in [0.5, 0.6) is 0 Å². The van der Waals surface area contributed by atoms with Gasteiger partial charge in [0.05, 0.1) is 15.6 Å². The molecule has 2 bridgehead atoms. The second kappa shape index (κ2) is 5.45. The van der Waals surface area contributed by atoms with Crippen molar-refractivity contribution in [3.05, 3.63) is 23.2 Å². The van der Waals surface area contributed by atoms with Crippen LogP contribution in [-0.4, -0.2) is 10.9 Å². The normalized spacial score (nSPS) is 30.3. The van der Waals surface area contributed by atoms with Crippen molar-refractivity contribution in [3.8, 4) is 0 Å². The zero-order valence-electron chi connectivity index (χ0n) is 13.3. The van der Waals surface area contributed by atoms with Gasteiger partial charge < -0.3 is 5.32 Å². The minimum atomic E-state index is -0.180. The minimum Gasteiger partial charge on any atom is -0.301 e. The molecule has 2 fully saturated rings. The molecule has 0 atom stereocenters. The fourth-order valence-electron chi connectivity index (χ4n) is 4.62. The van der Waals surface area contributed by atoms with Crippen molar-refractivity contribution in [2.75, 3.05) is 5.32 Å². The number of nitrogens with one attached hydrogen (secondary N) is 1. The predicted octanol–water partition coefficient (Wildman–Crippen LogP) is 5.64. The van der Waals surface area contributed by atoms with E-state index in [1.807, 2.05) is 18.2 Å². The van der Waals surface area contributed by atoms with Crippen LogP contribution in [0.3, 0.4) is 0 Å². The Morgan fingerprint density at radius 3 is 2.74 bits per heavy atom. The monoisotopic (exact) mass is 348 g/mol. The number of benzene rings is 1. The highest BCUT2D eigenvalue weighted by Gasteiger charge is 2.49. The summed E-state index contributed by atoms with van der Waals surface area (Å²) in [5.41, 5.74) is 1.07. The SMILES string of the molecule is CC12CCCC(C(=O)Nc3nc4ccc(Cl)cc4s3)(CCC1)C2. The summed E-state index contributed by atoms with van der Waals surface area (Å²) in [7, 11) is 0. The van der Waals surface area contributed by atoms with Crippen LogP contribution in [0.1, 0.15) is 51.9 Å². The van der Waals surface area contributed by atoms with E-state index in [0.29, 0.717) is 15.6 Å². The lowest BCUT2D eigenvalue weighted by Gasteiger charge is -2.49. The van der Waals surface area contributed by atoms with Crippen molar-refractivity contribution in [2.24, 2.45) is 10.8 Å². The van der Waals surface area contributed by atoms with Gasteiger partial charge in [-0.15, -0.1) is 0 Å². The summed E-state index contributed by atoms with van der Waals surface area (Å²) in [6.45, 7) is 2.35. The van der Waals surface area contributed by atoms with Gasteiger partial charge in [0.15, 0.2) is 5.13 Å². The number of carbonyl (C=O) groups excluding carboxylic acids is 1. The van der Waals surface area contributed by atoms with Gasteiger partial charge in [-0.1, -0.05) is 42.7 Å². The van der Waals surface area contributed by atoms with Gasteiger partial charge in [0, 0.05) is 5.02 Å². The second-order valence-corrected chi connectivity index (χ2v) is 9.03. The van der Waals surface area contributed by atoms with Crippen molar-refractivity contribution in [3.63, 3.8) is 0 Å². The third-order valence-corrected chi connectivity index (χ3v) is 6.86. The summed E-state index contributed by atoms with van der Waals surface area (Å²) in [5.74, 6) is 0.174. The van der Waals surface area contributed by atoms with E-state index < -0.39 is 0 Å². The number of thiazole rings is 1. The van der Waals surface area contributed by atoms with E-state index in [0.717, 1.165) is 29.5 Å². The highest BCUT2D eigenvalue weighted by Crippen LogP contribution is 2.55. The van der Waals surface area contributed by atoms with E-state index in [9.17, 15) is 4.79 Å². The van der Waals surface area contributed by atoms with Crippen LogP contribution in [0, 0.1) is 10.8 Å². The average molecular weight is 349 g/mol. The summed E-state index contributed by atoms with van der Waals surface area (Å²) in [6.07, 6.45) is 7.93. The van der Waals surface area contributed by atoms with E-state index in [1.165, 1.54) is 37.0 Å². The van der Waals surface area contributed by atoms with Gasteiger partial charge >= 0.3 is 0 Å². The van der Waals surface area contributed by atoms with E-state index in [1.54, 1.807) is 0 Å². The van der Waals surface area contributed by atoms with E-state index in [2.05, 4.69) is 17.2 Å². The summed E-state index contributed by atoms with van der Waals surface area (Å²) in [5, 5.41) is 4.51. The molecule has 0 aliphatic heterocycles. The molecule has 0 radical (unpaired) electrons. The smallest absolute Gasteiger partial charge is 0.232 e. The Labute approximate surface area is 145 Å². The fourth-order valence-corrected chi connectivity index (χ4v) is 5.75. The number of aromatic nitrogens is 1. The van der Waals surface area contributed by atoms with Crippen molar-refractivity contribution in [1.82, 2.24) is 4.98 Å². The number of fused-ring (bicyclic) bond motifs is 3. The Kier molecular flexibility index (Phi) is 3.65. The van der Waals surface area contributed by atoms with Gasteiger partial charge in [-0.3, -0.25) is 4.79 Å². The molecule has 3 nitrogen and oxygen atoms in total. The number of nitrogens with zero attached hydrogens (tertiary/aromatic N) is 1. The topological polar surface area (TPSA) is 42.0 Å². The Balaban J connectivity index is 1.58. The molecule has 122 valence electrons. The third-order valence-electron chi connectivity index (χ3n) is 5.69. The molecule has 1 heterocycles. The molecule has 1 aromatic carbocycles. The molecule has 2 aliphatic rings. The molecule has 1 amide bonds. The number of anilines is 1. The number of carbonyl (C=O) groups is 1. The lowest BCUT2D eigenvalue weighted by Crippen LogP contribution is -2.46. The molecule has 23 heavy (non-hydrogen) atoms. The molecular formula is C18H21ClN2OS. The number of hydrogen-bond donors (Lipinski definition) is 1. The van der Waals surface area contributed by atoms with E-state index in [-0.39, 0.29) is 11.3 Å². The number of amides is 1. The lowest BCUT2D eigenvalue weighted by atomic mass is 9.55. The maximum Gasteiger partial charge on any atom is 0.232 e. The number of hydrogen-bond acceptors (Lipinski definition) is 3. The number of rotatable bonds is 2. The van der Waals surface area contributed by atoms with Gasteiger partial charge in [-0.25, -0.2) is 4.98 Å². The molecular weight excluding hydrogens is 328 g/mol. The van der Waals surface area contributed by atoms with Crippen molar-refractivity contribution in [1.29, 1.82) is 0 Å². The zero-order valence-corrected chi connectivity index (χ0v) is 14.9. The van der Waals surface area contributed by atoms with E-state index in [4.69, 9.17) is 11.6 Å². The van der Waals surface area contributed by atoms with Crippen LogP contribution < -0.4 is 5.32 Å². The third kappa shape index (κ3) is 2.76. The van der Waals surface area contributed by atoms with Crippen LogP contribution in [0.4, 0.5) is 5.13 Å². The molecule has 4 rings (SSSR count). The first-order valence-corrected chi connectivity index (χ1v) is 9.55. The minimum absolute atomic E-state index is 0.174.